The molecule has 0 unspecified atom stereocenters. The van der Waals surface area contributed by atoms with Gasteiger partial charge in [-0.15, -0.1) is 11.6 Å². The van der Waals surface area contributed by atoms with Crippen LogP contribution in [0.3, 0.4) is 0 Å². The molecule has 0 aromatic heterocycles. The van der Waals surface area contributed by atoms with E-state index in [-0.39, 0.29) is 12.5 Å². The standard InChI is InChI=1S/C15H22ClNO3/c1-20-14-7-3-2-6-13(14)12-17(10-11-18)15(19)8-4-5-9-16/h2-3,6-7,18H,4-5,8-12H2,1H3. The fourth-order valence-corrected chi connectivity index (χ4v) is 2.17. The van der Waals surface area contributed by atoms with Crippen LogP contribution in [0.2, 0.25) is 0 Å². The third kappa shape index (κ3) is 5.39. The lowest BCUT2D eigenvalue weighted by Crippen LogP contribution is -2.33. The molecule has 0 bridgehead atoms. The van der Waals surface area contributed by atoms with Crippen LogP contribution in [-0.2, 0) is 11.3 Å². The molecule has 0 saturated carbocycles. The molecule has 0 atom stereocenters. The maximum atomic E-state index is 12.1. The molecule has 0 heterocycles. The topological polar surface area (TPSA) is 49.8 Å². The average Bonchev–Trinajstić information content (AvgIpc) is 2.47. The number of nitrogens with zero attached hydrogens (tertiary/aromatic N) is 1. The minimum absolute atomic E-state index is 0.0371. The number of rotatable bonds is 9. The highest BCUT2D eigenvalue weighted by atomic mass is 35.5. The molecule has 0 aliphatic heterocycles. The highest BCUT2D eigenvalue weighted by Crippen LogP contribution is 2.19. The highest BCUT2D eigenvalue weighted by molar-refractivity contribution is 6.17. The van der Waals surface area contributed by atoms with Gasteiger partial charge in [0.25, 0.3) is 0 Å². The molecule has 1 aromatic carbocycles. The number of hydrogen-bond acceptors (Lipinski definition) is 3. The Morgan fingerprint density at radius 3 is 2.75 bits per heavy atom. The minimum Gasteiger partial charge on any atom is -0.496 e. The number of unbranched alkanes of at least 4 members (excludes halogenated alkanes) is 1. The summed E-state index contributed by atoms with van der Waals surface area (Å²) in [6.45, 7) is 0.735. The number of ether oxygens (including phenoxy) is 1. The van der Waals surface area contributed by atoms with Crippen LogP contribution in [-0.4, -0.2) is 42.1 Å². The molecule has 0 aliphatic rings. The maximum absolute atomic E-state index is 12.1. The fraction of sp³-hybridized carbons (Fsp3) is 0.533. The lowest BCUT2D eigenvalue weighted by Gasteiger charge is -2.23. The quantitative estimate of drug-likeness (QED) is 0.563. The summed E-state index contributed by atoms with van der Waals surface area (Å²) in [5.41, 5.74) is 0.939. The van der Waals surface area contributed by atoms with Crippen molar-refractivity contribution in [3.63, 3.8) is 0 Å². The first-order valence-electron chi connectivity index (χ1n) is 6.79. The van der Waals surface area contributed by atoms with E-state index in [9.17, 15) is 4.79 Å². The van der Waals surface area contributed by atoms with Crippen LogP contribution in [0.5, 0.6) is 5.75 Å². The second-order valence-corrected chi connectivity index (χ2v) is 4.87. The molecule has 0 spiro atoms. The minimum atomic E-state index is -0.0452. The first-order chi connectivity index (χ1) is 9.72. The fourth-order valence-electron chi connectivity index (χ4n) is 1.98. The third-order valence-corrected chi connectivity index (χ3v) is 3.32. The number of carbonyl (C=O) groups is 1. The van der Waals surface area contributed by atoms with Gasteiger partial charge in [0.15, 0.2) is 0 Å². The number of amides is 1. The third-order valence-electron chi connectivity index (χ3n) is 3.05. The summed E-state index contributed by atoms with van der Waals surface area (Å²) in [6, 6.07) is 7.59. The van der Waals surface area contributed by atoms with E-state index in [0.717, 1.165) is 24.2 Å². The Morgan fingerprint density at radius 2 is 2.10 bits per heavy atom. The number of para-hydroxylation sites is 1. The van der Waals surface area contributed by atoms with E-state index in [1.54, 1.807) is 12.0 Å². The lowest BCUT2D eigenvalue weighted by molar-refractivity contribution is -0.132. The van der Waals surface area contributed by atoms with Gasteiger partial charge in [0, 0.05) is 31.0 Å². The Bertz CT molecular complexity index is 412. The Kier molecular flexibility index (Phi) is 8.07. The smallest absolute Gasteiger partial charge is 0.222 e. The molecule has 4 nitrogen and oxygen atoms in total. The summed E-state index contributed by atoms with van der Waals surface area (Å²) in [7, 11) is 1.61. The van der Waals surface area contributed by atoms with Crippen molar-refractivity contribution < 1.29 is 14.6 Å². The van der Waals surface area contributed by atoms with Crippen molar-refractivity contribution in [2.45, 2.75) is 25.8 Å². The SMILES string of the molecule is COc1ccccc1CN(CCO)C(=O)CCCCCl. The molecule has 1 aromatic rings. The van der Waals surface area contributed by atoms with Crippen LogP contribution in [0.25, 0.3) is 0 Å². The van der Waals surface area contributed by atoms with Gasteiger partial charge in [-0.3, -0.25) is 4.79 Å². The van der Waals surface area contributed by atoms with Crippen molar-refractivity contribution in [2.75, 3.05) is 26.1 Å². The summed E-state index contributed by atoms with van der Waals surface area (Å²) >= 11 is 5.61. The normalized spacial score (nSPS) is 10.3. The second-order valence-electron chi connectivity index (χ2n) is 4.50. The van der Waals surface area contributed by atoms with Crippen LogP contribution in [0.15, 0.2) is 24.3 Å². The number of alkyl halides is 1. The van der Waals surface area contributed by atoms with Gasteiger partial charge in [-0.25, -0.2) is 0 Å². The van der Waals surface area contributed by atoms with Gasteiger partial charge in [0.2, 0.25) is 5.91 Å². The largest absolute Gasteiger partial charge is 0.496 e. The predicted octanol–water partition coefficient (Wildman–Crippen LogP) is 2.43. The van der Waals surface area contributed by atoms with Crippen molar-refractivity contribution in [3.05, 3.63) is 29.8 Å². The molecule has 1 rings (SSSR count). The summed E-state index contributed by atoms with van der Waals surface area (Å²) in [5, 5.41) is 9.12. The van der Waals surface area contributed by atoms with Gasteiger partial charge < -0.3 is 14.7 Å². The predicted molar refractivity (Wildman–Crippen MR) is 80.1 cm³/mol. The zero-order valence-corrected chi connectivity index (χ0v) is 12.6. The van der Waals surface area contributed by atoms with Crippen LogP contribution in [0.4, 0.5) is 0 Å². The maximum Gasteiger partial charge on any atom is 0.222 e. The number of carbonyl (C=O) groups excluding carboxylic acids is 1. The van der Waals surface area contributed by atoms with Gasteiger partial charge in [-0.1, -0.05) is 18.2 Å². The van der Waals surface area contributed by atoms with Crippen molar-refractivity contribution in [2.24, 2.45) is 0 Å². The van der Waals surface area contributed by atoms with Crippen molar-refractivity contribution in [1.82, 2.24) is 4.90 Å². The molecule has 0 aliphatic carbocycles. The number of aliphatic hydroxyl groups is 1. The molecule has 20 heavy (non-hydrogen) atoms. The molecule has 1 amide bonds. The van der Waals surface area contributed by atoms with E-state index >= 15 is 0 Å². The molecule has 1 N–H and O–H groups in total. The summed E-state index contributed by atoms with van der Waals surface area (Å²) in [4.78, 5) is 13.8. The summed E-state index contributed by atoms with van der Waals surface area (Å²) in [5.74, 6) is 1.36. The van der Waals surface area contributed by atoms with Gasteiger partial charge in [0.05, 0.1) is 13.7 Å². The first-order valence-corrected chi connectivity index (χ1v) is 7.33. The van der Waals surface area contributed by atoms with E-state index in [2.05, 4.69) is 0 Å². The number of benzene rings is 1. The molecular formula is C15H22ClNO3. The van der Waals surface area contributed by atoms with Crippen LogP contribution >= 0.6 is 11.6 Å². The summed E-state index contributed by atoms with van der Waals surface area (Å²) in [6.07, 6.45) is 2.06. The van der Waals surface area contributed by atoms with Crippen molar-refractivity contribution >= 4 is 17.5 Å². The number of halogens is 1. The van der Waals surface area contributed by atoms with Crippen LogP contribution in [0, 0.1) is 0 Å². The first kappa shape index (κ1) is 16.8. The molecule has 112 valence electrons. The van der Waals surface area contributed by atoms with Crippen molar-refractivity contribution in [1.29, 1.82) is 0 Å². The highest BCUT2D eigenvalue weighted by Gasteiger charge is 2.15. The Hall–Kier alpha value is -1.26. The molecule has 5 heteroatoms. The molecule has 0 saturated heterocycles. The second kappa shape index (κ2) is 9.61. The van der Waals surface area contributed by atoms with E-state index in [1.807, 2.05) is 24.3 Å². The number of aliphatic hydroxyl groups excluding tert-OH is 1. The van der Waals surface area contributed by atoms with Crippen molar-refractivity contribution in [3.8, 4) is 5.75 Å². The van der Waals surface area contributed by atoms with Gasteiger partial charge in [0.1, 0.15) is 5.75 Å². The Morgan fingerprint density at radius 1 is 1.35 bits per heavy atom. The lowest BCUT2D eigenvalue weighted by atomic mass is 10.1. The van der Waals surface area contributed by atoms with Gasteiger partial charge >= 0.3 is 0 Å². The van der Waals surface area contributed by atoms with Gasteiger partial charge in [-0.2, -0.15) is 0 Å². The van der Waals surface area contributed by atoms with Gasteiger partial charge in [-0.05, 0) is 18.9 Å². The van der Waals surface area contributed by atoms with E-state index in [4.69, 9.17) is 21.4 Å². The van der Waals surface area contributed by atoms with Crippen LogP contribution < -0.4 is 4.74 Å². The monoisotopic (exact) mass is 299 g/mol. The summed E-state index contributed by atoms with van der Waals surface area (Å²) < 4.78 is 5.28. The van der Waals surface area contributed by atoms with E-state index in [0.29, 0.717) is 25.4 Å². The Balaban J connectivity index is 2.68. The van der Waals surface area contributed by atoms with E-state index < -0.39 is 0 Å². The average molecular weight is 300 g/mol. The molecular weight excluding hydrogens is 278 g/mol. The number of hydrogen-bond donors (Lipinski definition) is 1. The number of methoxy groups -OCH3 is 1. The Labute approximate surface area is 125 Å². The van der Waals surface area contributed by atoms with E-state index in [1.165, 1.54) is 0 Å². The molecule has 0 radical (unpaired) electrons. The molecule has 0 fully saturated rings. The zero-order chi connectivity index (χ0) is 14.8. The van der Waals surface area contributed by atoms with Crippen LogP contribution in [0.1, 0.15) is 24.8 Å². The zero-order valence-electron chi connectivity index (χ0n) is 11.8.